The quantitative estimate of drug-likeness (QED) is 0.799. The summed E-state index contributed by atoms with van der Waals surface area (Å²) in [6.45, 7) is 6.00. The third kappa shape index (κ3) is 4.36. The van der Waals surface area contributed by atoms with Gasteiger partial charge in [0.15, 0.2) is 6.61 Å². The van der Waals surface area contributed by atoms with Crippen molar-refractivity contribution in [3.63, 3.8) is 0 Å². The van der Waals surface area contributed by atoms with Crippen LogP contribution in [-0.4, -0.2) is 31.9 Å². The molecule has 1 aromatic rings. The van der Waals surface area contributed by atoms with Crippen LogP contribution in [0.25, 0.3) is 0 Å². The summed E-state index contributed by atoms with van der Waals surface area (Å²) < 4.78 is 21.7. The Morgan fingerprint density at radius 3 is 2.81 bits per heavy atom. The topological polar surface area (TPSA) is 54.0 Å². The molecule has 0 fully saturated rings. The number of methoxy groups -OCH3 is 1. The first-order chi connectivity index (χ1) is 9.89. The summed E-state index contributed by atoms with van der Waals surface area (Å²) in [5.41, 5.74) is 0.441. The molecule has 5 nitrogen and oxygen atoms in total. The van der Waals surface area contributed by atoms with Crippen LogP contribution in [0.5, 0.6) is 11.5 Å². The first-order valence-electron chi connectivity index (χ1n) is 7.03. The van der Waals surface area contributed by atoms with Crippen molar-refractivity contribution in [3.05, 3.63) is 23.8 Å². The van der Waals surface area contributed by atoms with Crippen LogP contribution in [0.15, 0.2) is 18.2 Å². The molecule has 0 aromatic heterocycles. The van der Waals surface area contributed by atoms with Gasteiger partial charge in [-0.3, -0.25) is 0 Å². The van der Waals surface area contributed by atoms with E-state index in [1.807, 2.05) is 32.9 Å². The number of hydrogen-bond donors (Lipinski definition) is 0. The molecule has 0 spiro atoms. The molecule has 0 aliphatic carbocycles. The minimum Gasteiger partial charge on any atom is -0.493 e. The summed E-state index contributed by atoms with van der Waals surface area (Å²) in [4.78, 5) is 11.6. The summed E-state index contributed by atoms with van der Waals surface area (Å²) in [5, 5.41) is 0. The molecule has 0 saturated carbocycles. The van der Waals surface area contributed by atoms with E-state index in [1.165, 1.54) is 0 Å². The van der Waals surface area contributed by atoms with Crippen molar-refractivity contribution >= 4 is 5.97 Å². The lowest BCUT2D eigenvalue weighted by Gasteiger charge is -2.25. The molecular weight excluding hydrogens is 272 g/mol. The monoisotopic (exact) mass is 294 g/mol. The van der Waals surface area contributed by atoms with Crippen LogP contribution in [0.1, 0.15) is 38.9 Å². The Bertz CT molecular complexity index is 504. The highest BCUT2D eigenvalue weighted by molar-refractivity contribution is 5.71. The predicted octanol–water partition coefficient (Wildman–Crippen LogP) is 2.88. The lowest BCUT2D eigenvalue weighted by molar-refractivity contribution is -0.157. The summed E-state index contributed by atoms with van der Waals surface area (Å²) >= 11 is 0. The second kappa shape index (κ2) is 6.35. The molecule has 0 N–H and O–H groups in total. The largest absolute Gasteiger partial charge is 0.493 e. The average Bonchev–Trinajstić information content (AvgIpc) is 2.42. The molecule has 0 amide bonds. The highest BCUT2D eigenvalue weighted by atomic mass is 16.6. The van der Waals surface area contributed by atoms with E-state index in [2.05, 4.69) is 0 Å². The van der Waals surface area contributed by atoms with Crippen LogP contribution in [-0.2, 0) is 14.3 Å². The maximum Gasteiger partial charge on any atom is 0.344 e. The first kappa shape index (κ1) is 15.6. The molecule has 5 heteroatoms. The molecule has 116 valence electrons. The van der Waals surface area contributed by atoms with Crippen LogP contribution < -0.4 is 9.47 Å². The van der Waals surface area contributed by atoms with Crippen molar-refractivity contribution in [2.75, 3.05) is 20.3 Å². The molecule has 1 unspecified atom stereocenters. The molecule has 1 aliphatic rings. The normalized spacial score (nSPS) is 17.6. The van der Waals surface area contributed by atoms with Crippen LogP contribution in [0, 0.1) is 0 Å². The van der Waals surface area contributed by atoms with E-state index in [4.69, 9.17) is 18.9 Å². The predicted molar refractivity (Wildman–Crippen MR) is 77.6 cm³/mol. The fourth-order valence-electron chi connectivity index (χ4n) is 2.19. The second-order valence-electron chi connectivity index (χ2n) is 5.94. The molecule has 1 heterocycles. The van der Waals surface area contributed by atoms with Gasteiger partial charge in [0.25, 0.3) is 0 Å². The van der Waals surface area contributed by atoms with E-state index in [9.17, 15) is 4.79 Å². The number of hydrogen-bond acceptors (Lipinski definition) is 5. The molecule has 1 atom stereocenters. The fraction of sp³-hybridized carbons (Fsp3) is 0.562. The minimum absolute atomic E-state index is 0.00109. The number of fused-ring (bicyclic) bond motifs is 1. The van der Waals surface area contributed by atoms with E-state index in [0.29, 0.717) is 12.4 Å². The van der Waals surface area contributed by atoms with E-state index < -0.39 is 5.60 Å². The van der Waals surface area contributed by atoms with Gasteiger partial charge in [-0.2, -0.15) is 0 Å². The number of rotatable bonds is 4. The van der Waals surface area contributed by atoms with Gasteiger partial charge in [0.05, 0.1) is 12.7 Å². The Morgan fingerprint density at radius 2 is 2.14 bits per heavy atom. The van der Waals surface area contributed by atoms with Crippen molar-refractivity contribution in [1.29, 1.82) is 0 Å². The SMILES string of the molecule is COC1CCOc2ccc(OCC(=O)OC(C)(C)C)cc21. The highest BCUT2D eigenvalue weighted by Crippen LogP contribution is 2.36. The molecular formula is C16H22O5. The van der Waals surface area contributed by atoms with Crippen LogP contribution in [0.2, 0.25) is 0 Å². The van der Waals surface area contributed by atoms with Crippen molar-refractivity contribution in [3.8, 4) is 11.5 Å². The fourth-order valence-corrected chi connectivity index (χ4v) is 2.19. The van der Waals surface area contributed by atoms with Gasteiger partial charge in [0.1, 0.15) is 17.1 Å². The van der Waals surface area contributed by atoms with Gasteiger partial charge in [0.2, 0.25) is 0 Å². The number of carbonyl (C=O) groups excluding carboxylic acids is 1. The first-order valence-corrected chi connectivity index (χ1v) is 7.03. The van der Waals surface area contributed by atoms with Gasteiger partial charge >= 0.3 is 5.97 Å². The van der Waals surface area contributed by atoms with Gasteiger partial charge in [-0.25, -0.2) is 4.79 Å². The Kier molecular flexibility index (Phi) is 4.73. The van der Waals surface area contributed by atoms with Gasteiger partial charge in [-0.05, 0) is 39.0 Å². The van der Waals surface area contributed by atoms with Gasteiger partial charge in [0, 0.05) is 19.1 Å². The van der Waals surface area contributed by atoms with Gasteiger partial charge in [-0.15, -0.1) is 0 Å². The third-order valence-electron chi connectivity index (χ3n) is 3.03. The zero-order valence-electron chi connectivity index (χ0n) is 13.0. The average molecular weight is 294 g/mol. The van der Waals surface area contributed by atoms with Crippen molar-refractivity contribution in [2.45, 2.75) is 38.9 Å². The third-order valence-corrected chi connectivity index (χ3v) is 3.03. The van der Waals surface area contributed by atoms with E-state index in [-0.39, 0.29) is 18.7 Å². The summed E-state index contributed by atoms with van der Waals surface area (Å²) in [5.74, 6) is 1.02. The molecule has 1 aromatic carbocycles. The molecule has 1 aliphatic heterocycles. The van der Waals surface area contributed by atoms with E-state index >= 15 is 0 Å². The highest BCUT2D eigenvalue weighted by Gasteiger charge is 2.22. The van der Waals surface area contributed by atoms with Gasteiger partial charge in [-0.1, -0.05) is 0 Å². The van der Waals surface area contributed by atoms with Crippen molar-refractivity contribution < 1.29 is 23.7 Å². The number of benzene rings is 1. The van der Waals surface area contributed by atoms with E-state index in [0.717, 1.165) is 17.7 Å². The zero-order valence-corrected chi connectivity index (χ0v) is 13.0. The Hall–Kier alpha value is -1.75. The zero-order chi connectivity index (χ0) is 15.5. The summed E-state index contributed by atoms with van der Waals surface area (Å²) in [6.07, 6.45) is 0.803. The maximum atomic E-state index is 11.6. The molecule has 0 radical (unpaired) electrons. The Morgan fingerprint density at radius 1 is 1.38 bits per heavy atom. The second-order valence-corrected chi connectivity index (χ2v) is 5.94. The number of esters is 1. The molecule has 2 rings (SSSR count). The number of carbonyl (C=O) groups is 1. The van der Waals surface area contributed by atoms with Crippen LogP contribution >= 0.6 is 0 Å². The summed E-state index contributed by atoms with van der Waals surface area (Å²) in [7, 11) is 1.67. The molecule has 0 bridgehead atoms. The lowest BCUT2D eigenvalue weighted by atomic mass is 10.0. The smallest absolute Gasteiger partial charge is 0.344 e. The van der Waals surface area contributed by atoms with Crippen LogP contribution in [0.3, 0.4) is 0 Å². The summed E-state index contributed by atoms with van der Waals surface area (Å²) in [6, 6.07) is 5.47. The maximum absolute atomic E-state index is 11.6. The molecule has 0 saturated heterocycles. The van der Waals surface area contributed by atoms with E-state index in [1.54, 1.807) is 13.2 Å². The van der Waals surface area contributed by atoms with Crippen LogP contribution in [0.4, 0.5) is 0 Å². The van der Waals surface area contributed by atoms with Gasteiger partial charge < -0.3 is 18.9 Å². The lowest BCUT2D eigenvalue weighted by Crippen LogP contribution is -2.27. The van der Waals surface area contributed by atoms with Crippen molar-refractivity contribution in [2.24, 2.45) is 0 Å². The minimum atomic E-state index is -0.509. The number of ether oxygens (including phenoxy) is 4. The van der Waals surface area contributed by atoms with Crippen molar-refractivity contribution in [1.82, 2.24) is 0 Å². The molecule has 21 heavy (non-hydrogen) atoms. The Balaban J connectivity index is 2.00. The Labute approximate surface area is 125 Å². The standard InChI is InChI=1S/C16H22O5/c1-16(2,3)21-15(17)10-20-11-5-6-14-12(9-11)13(18-4)7-8-19-14/h5-6,9,13H,7-8,10H2,1-4H3.